The molecule has 0 atom stereocenters. The largest absolute Gasteiger partial charge is 0.323 e. The molecule has 1 aromatic carbocycles. The van der Waals surface area contributed by atoms with Crippen molar-refractivity contribution in [1.82, 2.24) is 4.37 Å². The molecule has 0 unspecified atom stereocenters. The summed E-state index contributed by atoms with van der Waals surface area (Å²) in [5.41, 5.74) is 2.13. The number of aryl methyl sites for hydroxylation is 1. The van der Waals surface area contributed by atoms with Crippen molar-refractivity contribution >= 4 is 42.7 Å². The molecule has 1 aromatic heterocycles. The lowest BCUT2D eigenvalue weighted by molar-refractivity contribution is 1.49. The first-order valence-electron chi connectivity index (χ1n) is 3.13. The van der Waals surface area contributed by atoms with Crippen molar-refractivity contribution < 1.29 is 0 Å². The van der Waals surface area contributed by atoms with Gasteiger partial charge in [0.2, 0.25) is 0 Å². The van der Waals surface area contributed by atoms with Crippen molar-refractivity contribution in [1.29, 1.82) is 0 Å². The van der Waals surface area contributed by atoms with Crippen LogP contribution in [-0.4, -0.2) is 4.37 Å². The number of aromatic nitrogens is 1. The first-order valence-corrected chi connectivity index (χ1v) is 5.61. The number of nitrogens with zero attached hydrogens (tertiary/aromatic N) is 1. The van der Waals surface area contributed by atoms with E-state index in [1.807, 2.05) is 19.1 Å². The van der Waals surface area contributed by atoms with E-state index in [4.69, 9.17) is 11.6 Å². The van der Waals surface area contributed by atoms with Crippen molar-refractivity contribution in [3.63, 3.8) is 0 Å². The van der Waals surface area contributed by atoms with Gasteiger partial charge in [0, 0.05) is 16.7 Å². The van der Waals surface area contributed by atoms with Gasteiger partial charge < -0.3 is 0 Å². The Hall–Kier alpha value is -0.250. The lowest BCUT2D eigenvalue weighted by Crippen LogP contribution is -1.76. The molecule has 4 heteroatoms. The predicted molar refractivity (Wildman–Crippen MR) is 51.7 cm³/mol. The molecule has 0 bridgehead atoms. The third kappa shape index (κ3) is 1.13. The fraction of sp³-hybridized carbons (Fsp3) is 0.143. The highest BCUT2D eigenvalue weighted by molar-refractivity contribution is 7.69. The Morgan fingerprint density at radius 3 is 3.18 bits per heavy atom. The molecule has 0 N–H and O–H groups in total. The topological polar surface area (TPSA) is 12.9 Å². The van der Waals surface area contributed by atoms with Crippen molar-refractivity contribution in [2.24, 2.45) is 0 Å². The smallest absolute Gasteiger partial charge is 0.134 e. The zero-order chi connectivity index (χ0) is 7.84. The molecular weight excluding hydrogens is 198 g/mol. The molecule has 0 amide bonds. The van der Waals surface area contributed by atoms with Gasteiger partial charge in [-0.1, -0.05) is 11.6 Å². The first-order chi connectivity index (χ1) is 5.29. The van der Waals surface area contributed by atoms with Crippen LogP contribution in [-0.2, 0) is 0 Å². The summed E-state index contributed by atoms with van der Waals surface area (Å²) >= 11 is 5.91. The van der Waals surface area contributed by atoms with Gasteiger partial charge in [0.15, 0.2) is 5.52 Å². The fourth-order valence-electron chi connectivity index (χ4n) is 0.927. The molecule has 1 nitrogen and oxygen atoms in total. The van der Waals surface area contributed by atoms with Gasteiger partial charge >= 0.3 is 10.3 Å². The van der Waals surface area contributed by atoms with Crippen LogP contribution in [0.1, 0.15) is 5.56 Å². The maximum Gasteiger partial charge on any atom is 0.323 e. The summed E-state index contributed by atoms with van der Waals surface area (Å²) in [4.78, 5) is 0. The minimum absolute atomic E-state index is 0.801. The molecule has 0 spiro atoms. The van der Waals surface area contributed by atoms with Crippen LogP contribution >= 0.6 is 32.5 Å². The van der Waals surface area contributed by atoms with Crippen LogP contribution in [0, 0.1) is 6.92 Å². The summed E-state index contributed by atoms with van der Waals surface area (Å²) in [5, 5.41) is 0.801. The molecule has 0 aliphatic rings. The van der Waals surface area contributed by atoms with Crippen LogP contribution in [0.3, 0.4) is 0 Å². The van der Waals surface area contributed by atoms with Crippen molar-refractivity contribution in [3.8, 4) is 0 Å². The monoisotopic (exact) mass is 202 g/mol. The Balaban J connectivity index is 2.93. The summed E-state index contributed by atoms with van der Waals surface area (Å²) in [6, 6.07) is 3.93. The summed E-state index contributed by atoms with van der Waals surface area (Å²) in [7, 11) is 3.19. The summed E-state index contributed by atoms with van der Waals surface area (Å²) in [6.07, 6.45) is 0. The third-order valence-corrected chi connectivity index (χ3v) is 3.82. The summed E-state index contributed by atoms with van der Waals surface area (Å²) < 4.78 is 5.47. The molecule has 11 heavy (non-hydrogen) atoms. The van der Waals surface area contributed by atoms with Crippen LogP contribution in [0.25, 0.3) is 10.2 Å². The maximum absolute atomic E-state index is 5.91. The normalized spacial score (nSPS) is 10.7. The van der Waals surface area contributed by atoms with E-state index < -0.39 is 0 Å². The second-order valence-electron chi connectivity index (χ2n) is 2.27. The van der Waals surface area contributed by atoms with E-state index in [9.17, 15) is 0 Å². The average molecular weight is 203 g/mol. The van der Waals surface area contributed by atoms with Crippen LogP contribution in [0.4, 0.5) is 0 Å². The molecule has 0 aliphatic heterocycles. The summed E-state index contributed by atoms with van der Waals surface area (Å²) in [5.74, 6) is 0. The van der Waals surface area contributed by atoms with Gasteiger partial charge in [-0.3, -0.25) is 0 Å². The standard InChI is InChI=1S/C7H5ClNS2/c1-4-5(8)2-3-6-7(4)9-11-10-6/h2-3H,1H3/q+1. The number of halogens is 1. The van der Waals surface area contributed by atoms with E-state index >= 15 is 0 Å². The highest BCUT2D eigenvalue weighted by Gasteiger charge is 2.12. The molecular formula is C7H5ClNS2+. The molecule has 0 saturated carbocycles. The Bertz CT molecular complexity index is 396. The predicted octanol–water partition coefficient (Wildman–Crippen LogP) is 3.60. The first kappa shape index (κ1) is 7.40. The van der Waals surface area contributed by atoms with Crippen molar-refractivity contribution in [2.45, 2.75) is 6.92 Å². The van der Waals surface area contributed by atoms with Crippen molar-refractivity contribution in [2.75, 3.05) is 0 Å². The number of hydrogen-bond donors (Lipinski definition) is 0. The van der Waals surface area contributed by atoms with Gasteiger partial charge in [0.05, 0.1) is 0 Å². The third-order valence-electron chi connectivity index (χ3n) is 1.58. The summed E-state index contributed by atoms with van der Waals surface area (Å²) in [6.45, 7) is 2.00. The minimum Gasteiger partial charge on any atom is -0.134 e. The highest BCUT2D eigenvalue weighted by atomic mass is 35.5. The molecule has 0 aliphatic carbocycles. The molecule has 1 heterocycles. The van der Waals surface area contributed by atoms with Crippen LogP contribution in [0.5, 0.6) is 0 Å². The van der Waals surface area contributed by atoms with E-state index in [0.717, 1.165) is 16.1 Å². The average Bonchev–Trinajstić information content (AvgIpc) is 2.45. The van der Waals surface area contributed by atoms with E-state index in [1.165, 1.54) is 15.2 Å². The Kier molecular flexibility index (Phi) is 1.79. The zero-order valence-corrected chi connectivity index (χ0v) is 8.19. The zero-order valence-electron chi connectivity index (χ0n) is 5.80. The molecule has 2 rings (SSSR count). The Labute approximate surface area is 76.8 Å². The second kappa shape index (κ2) is 2.66. The van der Waals surface area contributed by atoms with Gasteiger partial charge in [0.25, 0.3) is 15.2 Å². The molecule has 0 saturated heterocycles. The number of benzene rings is 1. The Morgan fingerprint density at radius 1 is 1.55 bits per heavy atom. The molecule has 2 aromatic rings. The van der Waals surface area contributed by atoms with Gasteiger partial charge in [-0.15, -0.1) is 4.37 Å². The van der Waals surface area contributed by atoms with E-state index in [1.54, 1.807) is 10.3 Å². The lowest BCUT2D eigenvalue weighted by atomic mass is 10.2. The number of rotatable bonds is 0. The maximum atomic E-state index is 5.91. The van der Waals surface area contributed by atoms with E-state index in [2.05, 4.69) is 4.37 Å². The number of fused-ring (bicyclic) bond motifs is 1. The van der Waals surface area contributed by atoms with Crippen molar-refractivity contribution in [3.05, 3.63) is 22.7 Å². The molecule has 56 valence electrons. The van der Waals surface area contributed by atoms with Crippen LogP contribution < -0.4 is 0 Å². The van der Waals surface area contributed by atoms with Crippen LogP contribution in [0.15, 0.2) is 12.1 Å². The minimum atomic E-state index is 0.801. The highest BCUT2D eigenvalue weighted by Crippen LogP contribution is 2.28. The lowest BCUT2D eigenvalue weighted by Gasteiger charge is -1.91. The van der Waals surface area contributed by atoms with Gasteiger partial charge in [0.1, 0.15) is 0 Å². The Morgan fingerprint density at radius 2 is 2.36 bits per heavy atom. The fourth-order valence-corrected chi connectivity index (χ4v) is 2.95. The molecule has 0 fully saturated rings. The van der Waals surface area contributed by atoms with Crippen LogP contribution in [0.2, 0.25) is 5.02 Å². The van der Waals surface area contributed by atoms with E-state index in [-0.39, 0.29) is 0 Å². The van der Waals surface area contributed by atoms with Gasteiger partial charge in [-0.2, -0.15) is 0 Å². The molecule has 0 radical (unpaired) electrons. The van der Waals surface area contributed by atoms with E-state index in [0.29, 0.717) is 0 Å². The second-order valence-corrected chi connectivity index (χ2v) is 4.56. The SMILES string of the molecule is Cc1c(Cl)ccc2[s+]snc12. The van der Waals surface area contributed by atoms with Gasteiger partial charge in [-0.05, 0) is 13.0 Å². The quantitative estimate of drug-likeness (QED) is 0.470. The van der Waals surface area contributed by atoms with Gasteiger partial charge in [-0.25, -0.2) is 0 Å². The number of hydrogen-bond acceptors (Lipinski definition) is 2.